The number of nitrogens with one attached hydrogen (secondary N) is 1. The fourth-order valence-electron chi connectivity index (χ4n) is 4.55. The van der Waals surface area contributed by atoms with Crippen LogP contribution in [0.2, 0.25) is 0 Å². The summed E-state index contributed by atoms with van der Waals surface area (Å²) in [6.07, 6.45) is 6.81. The highest BCUT2D eigenvalue weighted by molar-refractivity contribution is 5.86. The van der Waals surface area contributed by atoms with Crippen molar-refractivity contribution in [3.05, 3.63) is 0 Å². The van der Waals surface area contributed by atoms with E-state index in [2.05, 4.69) is 24.1 Å². The van der Waals surface area contributed by atoms with Crippen molar-refractivity contribution < 1.29 is 9.59 Å². The largest absolute Gasteiger partial charge is 0.350 e. The molecule has 0 aromatic heterocycles. The maximum atomic E-state index is 12.4. The molecule has 2 aliphatic heterocycles. The summed E-state index contributed by atoms with van der Waals surface area (Å²) in [6, 6.07) is 0.958. The second-order valence-corrected chi connectivity index (χ2v) is 7.89. The lowest BCUT2D eigenvalue weighted by Crippen LogP contribution is -2.46. The standard InChI is InChI=1S/C18H31N3O2/c1-13(2)15-10-21(14-6-3-4-7-14)11-16(15)19-17(22)12-20-9-5-8-18(20)23/h13-16H,3-12H2,1-2H3,(H,19,22)/t15-,16+/m1/s1. The van der Waals surface area contributed by atoms with Gasteiger partial charge in [0.15, 0.2) is 0 Å². The molecule has 2 amide bonds. The van der Waals surface area contributed by atoms with Crippen molar-refractivity contribution in [3.8, 4) is 0 Å². The van der Waals surface area contributed by atoms with Gasteiger partial charge in [-0.25, -0.2) is 0 Å². The van der Waals surface area contributed by atoms with Gasteiger partial charge in [0, 0.05) is 38.1 Å². The average molecular weight is 321 g/mol. The fraction of sp³-hybridized carbons (Fsp3) is 0.889. The van der Waals surface area contributed by atoms with Gasteiger partial charge in [-0.05, 0) is 31.1 Å². The SMILES string of the molecule is CC(C)[C@H]1CN(C2CCCC2)C[C@@H]1NC(=O)CN1CCCC1=O. The Balaban J connectivity index is 1.55. The minimum atomic E-state index is 0.0178. The zero-order chi connectivity index (χ0) is 16.4. The Kier molecular flexibility index (Phi) is 5.24. The smallest absolute Gasteiger partial charge is 0.239 e. The highest BCUT2D eigenvalue weighted by atomic mass is 16.2. The van der Waals surface area contributed by atoms with Crippen LogP contribution in [-0.2, 0) is 9.59 Å². The first-order valence-electron chi connectivity index (χ1n) is 9.36. The second-order valence-electron chi connectivity index (χ2n) is 7.89. The predicted octanol–water partition coefficient (Wildman–Crippen LogP) is 1.62. The number of amides is 2. The molecule has 1 aliphatic carbocycles. The number of rotatable bonds is 5. The van der Waals surface area contributed by atoms with E-state index < -0.39 is 0 Å². The van der Waals surface area contributed by atoms with Crippen molar-refractivity contribution >= 4 is 11.8 Å². The Morgan fingerprint density at radius 2 is 1.96 bits per heavy atom. The van der Waals surface area contributed by atoms with E-state index >= 15 is 0 Å². The summed E-state index contributed by atoms with van der Waals surface area (Å²) in [5.74, 6) is 1.23. The van der Waals surface area contributed by atoms with Crippen LogP contribution in [0.25, 0.3) is 0 Å². The zero-order valence-corrected chi connectivity index (χ0v) is 14.6. The third kappa shape index (κ3) is 3.87. The number of hydrogen-bond acceptors (Lipinski definition) is 3. The average Bonchev–Trinajstić information content (AvgIpc) is 3.20. The zero-order valence-electron chi connectivity index (χ0n) is 14.6. The summed E-state index contributed by atoms with van der Waals surface area (Å²) in [7, 11) is 0. The molecular weight excluding hydrogens is 290 g/mol. The highest BCUT2D eigenvalue weighted by Gasteiger charge is 2.39. The quantitative estimate of drug-likeness (QED) is 0.837. The monoisotopic (exact) mass is 321 g/mol. The van der Waals surface area contributed by atoms with Gasteiger partial charge in [-0.15, -0.1) is 0 Å². The minimum absolute atomic E-state index is 0.0178. The molecule has 0 spiro atoms. The van der Waals surface area contributed by atoms with Gasteiger partial charge >= 0.3 is 0 Å². The van der Waals surface area contributed by atoms with Crippen molar-refractivity contribution in [2.24, 2.45) is 11.8 Å². The molecule has 0 aromatic carbocycles. The summed E-state index contributed by atoms with van der Waals surface area (Å²) >= 11 is 0. The molecule has 3 rings (SSSR count). The van der Waals surface area contributed by atoms with E-state index in [-0.39, 0.29) is 24.4 Å². The van der Waals surface area contributed by atoms with E-state index in [0.29, 0.717) is 18.3 Å². The lowest BCUT2D eigenvalue weighted by molar-refractivity contribution is -0.133. The molecule has 0 aromatic rings. The molecule has 2 atom stereocenters. The third-order valence-electron chi connectivity index (χ3n) is 5.94. The van der Waals surface area contributed by atoms with E-state index in [1.807, 2.05) is 0 Å². The molecular formula is C18H31N3O2. The molecule has 0 radical (unpaired) electrons. The van der Waals surface area contributed by atoms with Gasteiger partial charge in [-0.1, -0.05) is 26.7 Å². The second kappa shape index (κ2) is 7.20. The Bertz CT molecular complexity index is 446. The number of hydrogen-bond donors (Lipinski definition) is 1. The van der Waals surface area contributed by atoms with Crippen LogP contribution in [0.3, 0.4) is 0 Å². The van der Waals surface area contributed by atoms with Gasteiger partial charge in [-0.2, -0.15) is 0 Å². The number of carbonyl (C=O) groups is 2. The fourth-order valence-corrected chi connectivity index (χ4v) is 4.55. The van der Waals surface area contributed by atoms with Gasteiger partial charge in [-0.3, -0.25) is 14.5 Å². The molecule has 2 heterocycles. The summed E-state index contributed by atoms with van der Waals surface area (Å²) in [5.41, 5.74) is 0. The van der Waals surface area contributed by atoms with Crippen molar-refractivity contribution in [2.75, 3.05) is 26.2 Å². The Morgan fingerprint density at radius 3 is 2.57 bits per heavy atom. The van der Waals surface area contributed by atoms with Crippen molar-refractivity contribution in [1.29, 1.82) is 0 Å². The first-order valence-corrected chi connectivity index (χ1v) is 9.36. The van der Waals surface area contributed by atoms with Crippen LogP contribution in [-0.4, -0.2) is 59.9 Å². The molecule has 3 fully saturated rings. The summed E-state index contributed by atoms with van der Waals surface area (Å²) in [4.78, 5) is 28.4. The highest BCUT2D eigenvalue weighted by Crippen LogP contribution is 2.31. The van der Waals surface area contributed by atoms with Gasteiger partial charge in [0.25, 0.3) is 0 Å². The summed E-state index contributed by atoms with van der Waals surface area (Å²) in [6.45, 7) is 7.57. The molecule has 130 valence electrons. The van der Waals surface area contributed by atoms with E-state index in [9.17, 15) is 9.59 Å². The first-order chi connectivity index (χ1) is 11.0. The van der Waals surface area contributed by atoms with Crippen LogP contribution in [0.1, 0.15) is 52.4 Å². The molecule has 5 heteroatoms. The van der Waals surface area contributed by atoms with E-state index in [1.165, 1.54) is 25.7 Å². The maximum Gasteiger partial charge on any atom is 0.239 e. The van der Waals surface area contributed by atoms with Crippen LogP contribution in [0.5, 0.6) is 0 Å². The molecule has 0 unspecified atom stereocenters. The first kappa shape index (κ1) is 16.7. The van der Waals surface area contributed by atoms with Gasteiger partial charge in [0.1, 0.15) is 0 Å². The molecule has 1 N–H and O–H groups in total. The Morgan fingerprint density at radius 1 is 1.22 bits per heavy atom. The lowest BCUT2D eigenvalue weighted by Gasteiger charge is -2.24. The topological polar surface area (TPSA) is 52.7 Å². The normalized spacial score (nSPS) is 29.9. The van der Waals surface area contributed by atoms with Gasteiger partial charge < -0.3 is 10.2 Å². The van der Waals surface area contributed by atoms with Crippen LogP contribution in [0.4, 0.5) is 0 Å². The predicted molar refractivity (Wildman–Crippen MR) is 89.9 cm³/mol. The van der Waals surface area contributed by atoms with E-state index in [0.717, 1.165) is 32.1 Å². The molecule has 2 saturated heterocycles. The molecule has 3 aliphatic rings. The Labute approximate surface area is 139 Å². The molecule has 5 nitrogen and oxygen atoms in total. The lowest BCUT2D eigenvalue weighted by atomic mass is 9.91. The van der Waals surface area contributed by atoms with Gasteiger partial charge in [0.05, 0.1) is 6.54 Å². The van der Waals surface area contributed by atoms with Gasteiger partial charge in [0.2, 0.25) is 11.8 Å². The minimum Gasteiger partial charge on any atom is -0.350 e. The molecule has 1 saturated carbocycles. The van der Waals surface area contributed by atoms with Crippen LogP contribution in [0, 0.1) is 11.8 Å². The van der Waals surface area contributed by atoms with Crippen molar-refractivity contribution in [1.82, 2.24) is 15.1 Å². The molecule has 23 heavy (non-hydrogen) atoms. The number of likely N-dealkylation sites (tertiary alicyclic amines) is 2. The number of nitrogens with zero attached hydrogens (tertiary/aromatic N) is 2. The maximum absolute atomic E-state index is 12.4. The molecule has 0 bridgehead atoms. The van der Waals surface area contributed by atoms with Crippen molar-refractivity contribution in [2.45, 2.75) is 64.5 Å². The van der Waals surface area contributed by atoms with Crippen LogP contribution >= 0.6 is 0 Å². The van der Waals surface area contributed by atoms with E-state index in [4.69, 9.17) is 0 Å². The third-order valence-corrected chi connectivity index (χ3v) is 5.94. The summed E-state index contributed by atoms with van der Waals surface area (Å²) < 4.78 is 0. The summed E-state index contributed by atoms with van der Waals surface area (Å²) in [5, 5.41) is 3.24. The van der Waals surface area contributed by atoms with Crippen molar-refractivity contribution in [3.63, 3.8) is 0 Å². The number of carbonyl (C=O) groups excluding carboxylic acids is 2. The van der Waals surface area contributed by atoms with Crippen LogP contribution < -0.4 is 5.32 Å². The van der Waals surface area contributed by atoms with E-state index in [1.54, 1.807) is 4.90 Å². The Hall–Kier alpha value is -1.10. The van der Waals surface area contributed by atoms with Crippen LogP contribution in [0.15, 0.2) is 0 Å².